The van der Waals surface area contributed by atoms with Crippen LogP contribution in [-0.4, -0.2) is 29.2 Å². The first-order chi connectivity index (χ1) is 12.7. The van der Waals surface area contributed by atoms with E-state index in [0.717, 1.165) is 14.9 Å². The summed E-state index contributed by atoms with van der Waals surface area (Å²) in [5.74, 6) is -0.701. The molecule has 0 unspecified atom stereocenters. The minimum Gasteiger partial charge on any atom is -0.383 e. The Balaban J connectivity index is 1.83. The number of fused-ring (bicyclic) bond motifs is 2. The molecular weight excluding hydrogens is 373 g/mol. The molecule has 4 aromatic rings. The summed E-state index contributed by atoms with van der Waals surface area (Å²) < 4.78 is 22.8. The SMILES string of the molecule is COCCn1c(=NC(=O)c2ccc3ncsc3c2)sc2cccc(F)c21. The summed E-state index contributed by atoms with van der Waals surface area (Å²) in [7, 11) is 1.58. The zero-order chi connectivity index (χ0) is 18.1. The number of ether oxygens (including phenoxy) is 1. The Morgan fingerprint density at radius 1 is 1.31 bits per heavy atom. The van der Waals surface area contributed by atoms with Crippen molar-refractivity contribution in [1.82, 2.24) is 9.55 Å². The summed E-state index contributed by atoms with van der Waals surface area (Å²) >= 11 is 2.76. The van der Waals surface area contributed by atoms with Gasteiger partial charge in [0.1, 0.15) is 5.82 Å². The number of para-hydroxylation sites is 1. The van der Waals surface area contributed by atoms with E-state index in [9.17, 15) is 9.18 Å². The molecule has 0 spiro atoms. The van der Waals surface area contributed by atoms with E-state index in [1.54, 1.807) is 41.5 Å². The summed E-state index contributed by atoms with van der Waals surface area (Å²) in [5, 5.41) is 0. The predicted octanol–water partition coefficient (Wildman–Crippen LogP) is 3.84. The maximum absolute atomic E-state index is 14.3. The molecule has 4 rings (SSSR count). The molecular formula is C18H14FN3O2S2. The number of nitrogens with zero attached hydrogens (tertiary/aromatic N) is 3. The van der Waals surface area contributed by atoms with Gasteiger partial charge in [0.05, 0.1) is 32.6 Å². The van der Waals surface area contributed by atoms with Crippen LogP contribution in [0.15, 0.2) is 46.9 Å². The first-order valence-electron chi connectivity index (χ1n) is 7.86. The van der Waals surface area contributed by atoms with Gasteiger partial charge in [-0.3, -0.25) is 4.79 Å². The molecule has 0 saturated heterocycles. The molecule has 1 amide bonds. The molecule has 0 aliphatic heterocycles. The first-order valence-corrected chi connectivity index (χ1v) is 9.56. The van der Waals surface area contributed by atoms with Crippen LogP contribution >= 0.6 is 22.7 Å². The van der Waals surface area contributed by atoms with Gasteiger partial charge in [0.25, 0.3) is 5.91 Å². The second-order valence-corrected chi connectivity index (χ2v) is 7.46. The van der Waals surface area contributed by atoms with Crippen LogP contribution in [0, 0.1) is 5.82 Å². The zero-order valence-electron chi connectivity index (χ0n) is 13.8. The zero-order valence-corrected chi connectivity index (χ0v) is 15.4. The van der Waals surface area contributed by atoms with Gasteiger partial charge >= 0.3 is 0 Å². The number of amides is 1. The second-order valence-electron chi connectivity index (χ2n) is 5.57. The largest absolute Gasteiger partial charge is 0.383 e. The highest BCUT2D eigenvalue weighted by Gasteiger charge is 2.13. The second kappa shape index (κ2) is 7.06. The summed E-state index contributed by atoms with van der Waals surface area (Å²) in [6, 6.07) is 10.2. The van der Waals surface area contributed by atoms with Crippen LogP contribution in [0.3, 0.4) is 0 Å². The van der Waals surface area contributed by atoms with E-state index in [1.165, 1.54) is 28.7 Å². The monoisotopic (exact) mass is 387 g/mol. The third-order valence-corrected chi connectivity index (χ3v) is 5.78. The Bertz CT molecular complexity index is 1180. The van der Waals surface area contributed by atoms with Crippen molar-refractivity contribution >= 4 is 49.0 Å². The Morgan fingerprint density at radius 2 is 2.19 bits per heavy atom. The number of thiazole rings is 2. The van der Waals surface area contributed by atoms with Gasteiger partial charge in [-0.1, -0.05) is 17.4 Å². The molecule has 5 nitrogen and oxygen atoms in total. The average Bonchev–Trinajstić information content (AvgIpc) is 3.24. The van der Waals surface area contributed by atoms with Crippen molar-refractivity contribution in [2.45, 2.75) is 6.54 Å². The molecule has 132 valence electrons. The highest BCUT2D eigenvalue weighted by molar-refractivity contribution is 7.17. The highest BCUT2D eigenvalue weighted by atomic mass is 32.1. The van der Waals surface area contributed by atoms with Crippen LogP contribution in [0.5, 0.6) is 0 Å². The number of carbonyl (C=O) groups is 1. The molecule has 0 atom stereocenters. The molecule has 26 heavy (non-hydrogen) atoms. The fraction of sp³-hybridized carbons (Fsp3) is 0.167. The van der Waals surface area contributed by atoms with E-state index < -0.39 is 0 Å². The van der Waals surface area contributed by atoms with Crippen LogP contribution in [-0.2, 0) is 11.3 Å². The normalized spacial score (nSPS) is 12.3. The molecule has 0 saturated carbocycles. The Morgan fingerprint density at radius 3 is 3.04 bits per heavy atom. The molecule has 0 bridgehead atoms. The number of benzene rings is 2. The molecule has 0 N–H and O–H groups in total. The van der Waals surface area contributed by atoms with Crippen LogP contribution < -0.4 is 4.80 Å². The van der Waals surface area contributed by atoms with Crippen LogP contribution in [0.25, 0.3) is 20.4 Å². The molecule has 0 radical (unpaired) electrons. The Labute approximate surface area is 156 Å². The number of hydrogen-bond acceptors (Lipinski definition) is 5. The predicted molar refractivity (Wildman–Crippen MR) is 101 cm³/mol. The number of aromatic nitrogens is 2. The lowest BCUT2D eigenvalue weighted by molar-refractivity contribution is 0.0997. The van der Waals surface area contributed by atoms with Crippen molar-refractivity contribution < 1.29 is 13.9 Å². The Kier molecular flexibility index (Phi) is 4.62. The minimum absolute atomic E-state index is 0.338. The van der Waals surface area contributed by atoms with Gasteiger partial charge in [-0.2, -0.15) is 4.99 Å². The topological polar surface area (TPSA) is 56.5 Å². The fourth-order valence-electron chi connectivity index (χ4n) is 2.70. The average molecular weight is 387 g/mol. The van der Waals surface area contributed by atoms with Crippen molar-refractivity contribution in [2.75, 3.05) is 13.7 Å². The number of methoxy groups -OCH3 is 1. The van der Waals surface area contributed by atoms with E-state index in [4.69, 9.17) is 4.74 Å². The Hall–Kier alpha value is -2.42. The van der Waals surface area contributed by atoms with Crippen LogP contribution in [0.2, 0.25) is 0 Å². The lowest BCUT2D eigenvalue weighted by Crippen LogP contribution is -2.19. The van der Waals surface area contributed by atoms with Crippen LogP contribution in [0.1, 0.15) is 10.4 Å². The van der Waals surface area contributed by atoms with E-state index in [-0.39, 0.29) is 11.7 Å². The van der Waals surface area contributed by atoms with E-state index >= 15 is 0 Å². The summed E-state index contributed by atoms with van der Waals surface area (Å²) in [6.45, 7) is 0.811. The molecule has 2 aromatic carbocycles. The lowest BCUT2D eigenvalue weighted by Gasteiger charge is -2.04. The van der Waals surface area contributed by atoms with Crippen molar-refractivity contribution in [3.63, 3.8) is 0 Å². The van der Waals surface area contributed by atoms with Crippen molar-refractivity contribution in [3.05, 3.63) is 58.1 Å². The summed E-state index contributed by atoms with van der Waals surface area (Å²) in [4.78, 5) is 21.6. The quantitative estimate of drug-likeness (QED) is 0.535. The van der Waals surface area contributed by atoms with Gasteiger partial charge in [-0.25, -0.2) is 9.37 Å². The van der Waals surface area contributed by atoms with Gasteiger partial charge in [0.15, 0.2) is 4.80 Å². The van der Waals surface area contributed by atoms with E-state index in [1.807, 2.05) is 6.07 Å². The number of hydrogen-bond donors (Lipinski definition) is 0. The molecule has 0 aliphatic carbocycles. The molecule has 2 aromatic heterocycles. The highest BCUT2D eigenvalue weighted by Crippen LogP contribution is 2.21. The summed E-state index contributed by atoms with van der Waals surface area (Å²) in [5.41, 5.74) is 3.52. The number of halogens is 1. The van der Waals surface area contributed by atoms with Crippen LogP contribution in [0.4, 0.5) is 4.39 Å². The van der Waals surface area contributed by atoms with Gasteiger partial charge < -0.3 is 9.30 Å². The van der Waals surface area contributed by atoms with Crippen molar-refractivity contribution in [1.29, 1.82) is 0 Å². The van der Waals surface area contributed by atoms with Gasteiger partial charge in [0, 0.05) is 19.2 Å². The van der Waals surface area contributed by atoms with Gasteiger partial charge in [0.2, 0.25) is 0 Å². The van der Waals surface area contributed by atoms with E-state index in [2.05, 4.69) is 9.98 Å². The van der Waals surface area contributed by atoms with Gasteiger partial charge in [-0.15, -0.1) is 11.3 Å². The molecule has 0 fully saturated rings. The fourth-order valence-corrected chi connectivity index (χ4v) is 4.49. The molecule has 0 aliphatic rings. The minimum atomic E-state index is -0.363. The number of carbonyl (C=O) groups excluding carboxylic acids is 1. The number of rotatable bonds is 4. The van der Waals surface area contributed by atoms with E-state index in [0.29, 0.717) is 29.0 Å². The summed E-state index contributed by atoms with van der Waals surface area (Å²) in [6.07, 6.45) is 0. The standard InChI is InChI=1S/C18H14FN3O2S2/c1-24-8-7-22-16-12(19)3-2-4-14(16)26-18(22)21-17(23)11-5-6-13-15(9-11)25-10-20-13/h2-6,9-10H,7-8H2,1H3. The third kappa shape index (κ3) is 3.07. The van der Waals surface area contributed by atoms with Crippen molar-refractivity contribution in [3.8, 4) is 0 Å². The molecule has 8 heteroatoms. The maximum Gasteiger partial charge on any atom is 0.279 e. The van der Waals surface area contributed by atoms with Crippen molar-refractivity contribution in [2.24, 2.45) is 4.99 Å². The molecule has 2 heterocycles. The van der Waals surface area contributed by atoms with Gasteiger partial charge in [-0.05, 0) is 30.3 Å². The maximum atomic E-state index is 14.3. The smallest absolute Gasteiger partial charge is 0.279 e. The first kappa shape index (κ1) is 17.0. The third-order valence-electron chi connectivity index (χ3n) is 3.95. The lowest BCUT2D eigenvalue weighted by atomic mass is 10.2.